The molecule has 90 valence electrons. The van der Waals surface area contributed by atoms with Crippen molar-refractivity contribution in [2.75, 3.05) is 7.11 Å². The summed E-state index contributed by atoms with van der Waals surface area (Å²) in [6, 6.07) is 1.85. The summed E-state index contributed by atoms with van der Waals surface area (Å²) in [6.45, 7) is 2.91. The first-order valence-electron chi connectivity index (χ1n) is 4.71. The lowest BCUT2D eigenvalue weighted by molar-refractivity contribution is -0.136. The molecule has 0 saturated carbocycles. The summed E-state index contributed by atoms with van der Waals surface area (Å²) >= 11 is 0. The van der Waals surface area contributed by atoms with Crippen molar-refractivity contribution in [3.63, 3.8) is 0 Å². The molecular weight excluding hydrogens is 222 g/mol. The zero-order valence-electron chi connectivity index (χ0n) is 9.85. The minimum atomic E-state index is -1.06. The molecule has 0 saturated heterocycles. The number of carboxylic acids is 1. The summed E-state index contributed by atoms with van der Waals surface area (Å²) in [5, 5.41) is 17.4. The largest absolute Gasteiger partial charge is 0.478 e. The fourth-order valence-corrected chi connectivity index (χ4v) is 0.857. The van der Waals surface area contributed by atoms with E-state index in [9.17, 15) is 9.59 Å². The summed E-state index contributed by atoms with van der Waals surface area (Å²) in [4.78, 5) is 21.6. The number of esters is 1. The predicted octanol–water partition coefficient (Wildman–Crippen LogP) is 1.59. The standard InChI is InChI=1S/C12H13NO4/c1-8(11(14)15)4-5-10(7-13)6-9(2)12(16)17-3/h4-6H,1-3H3,(H,14,15). The van der Waals surface area contributed by atoms with Gasteiger partial charge in [0.25, 0.3) is 0 Å². The molecular formula is C12H13NO4. The third-order valence-corrected chi connectivity index (χ3v) is 1.86. The molecule has 0 amide bonds. The van der Waals surface area contributed by atoms with Crippen LogP contribution in [0.2, 0.25) is 0 Å². The van der Waals surface area contributed by atoms with Crippen LogP contribution in [-0.2, 0) is 14.3 Å². The van der Waals surface area contributed by atoms with Crippen molar-refractivity contribution in [2.45, 2.75) is 13.8 Å². The second-order valence-electron chi connectivity index (χ2n) is 3.21. The lowest BCUT2D eigenvalue weighted by atomic mass is 10.1. The van der Waals surface area contributed by atoms with Gasteiger partial charge in [-0.15, -0.1) is 0 Å². The van der Waals surface area contributed by atoms with Gasteiger partial charge >= 0.3 is 11.9 Å². The number of hydrogen-bond acceptors (Lipinski definition) is 4. The van der Waals surface area contributed by atoms with E-state index in [2.05, 4.69) is 4.74 Å². The molecule has 5 nitrogen and oxygen atoms in total. The van der Waals surface area contributed by atoms with Crippen LogP contribution in [0.5, 0.6) is 0 Å². The summed E-state index contributed by atoms with van der Waals surface area (Å²) in [5.41, 5.74) is 0.539. The van der Waals surface area contributed by atoms with Crippen LogP contribution >= 0.6 is 0 Å². The number of ether oxygens (including phenoxy) is 1. The maximum atomic E-state index is 11.1. The van der Waals surface area contributed by atoms with Crippen molar-refractivity contribution in [2.24, 2.45) is 0 Å². The molecule has 0 spiro atoms. The second kappa shape index (κ2) is 7.01. The lowest BCUT2D eigenvalue weighted by Crippen LogP contribution is -2.01. The van der Waals surface area contributed by atoms with E-state index in [4.69, 9.17) is 10.4 Å². The minimum Gasteiger partial charge on any atom is -0.478 e. The molecule has 0 unspecified atom stereocenters. The SMILES string of the molecule is COC(=O)C(C)=CC(C#N)=CC=C(C)C(=O)O. The molecule has 5 heteroatoms. The highest BCUT2D eigenvalue weighted by molar-refractivity contribution is 5.88. The Morgan fingerprint density at radius 2 is 1.82 bits per heavy atom. The third kappa shape index (κ3) is 5.33. The highest BCUT2D eigenvalue weighted by atomic mass is 16.5. The number of nitrogens with zero attached hydrogens (tertiary/aromatic N) is 1. The van der Waals surface area contributed by atoms with Gasteiger partial charge in [-0.05, 0) is 26.0 Å². The van der Waals surface area contributed by atoms with Gasteiger partial charge in [-0.3, -0.25) is 0 Å². The number of hydrogen-bond donors (Lipinski definition) is 1. The Hall–Kier alpha value is -2.35. The van der Waals surface area contributed by atoms with E-state index in [1.807, 2.05) is 6.07 Å². The Kier molecular flexibility index (Phi) is 6.04. The molecule has 0 atom stereocenters. The highest BCUT2D eigenvalue weighted by Gasteiger charge is 2.03. The molecule has 0 aliphatic rings. The van der Waals surface area contributed by atoms with Crippen LogP contribution in [0, 0.1) is 11.3 Å². The number of methoxy groups -OCH3 is 1. The number of nitriles is 1. The smallest absolute Gasteiger partial charge is 0.333 e. The van der Waals surface area contributed by atoms with E-state index in [0.29, 0.717) is 0 Å². The van der Waals surface area contributed by atoms with E-state index < -0.39 is 11.9 Å². The number of rotatable bonds is 4. The predicted molar refractivity (Wildman–Crippen MR) is 60.9 cm³/mol. The first kappa shape index (κ1) is 14.6. The highest BCUT2D eigenvalue weighted by Crippen LogP contribution is 2.05. The monoisotopic (exact) mass is 235 g/mol. The van der Waals surface area contributed by atoms with Crippen LogP contribution in [0.3, 0.4) is 0 Å². The average molecular weight is 235 g/mol. The third-order valence-electron chi connectivity index (χ3n) is 1.86. The number of carboxylic acid groups (broad SMARTS) is 1. The van der Waals surface area contributed by atoms with Crippen molar-refractivity contribution in [1.29, 1.82) is 5.26 Å². The number of aliphatic carboxylic acids is 1. The topological polar surface area (TPSA) is 87.4 Å². The van der Waals surface area contributed by atoms with Gasteiger partial charge in [-0.1, -0.05) is 6.08 Å². The fraction of sp³-hybridized carbons (Fsp3) is 0.250. The van der Waals surface area contributed by atoms with Crippen molar-refractivity contribution in [1.82, 2.24) is 0 Å². The van der Waals surface area contributed by atoms with Crippen LogP contribution < -0.4 is 0 Å². The molecule has 0 aliphatic heterocycles. The van der Waals surface area contributed by atoms with E-state index in [1.165, 1.54) is 39.2 Å². The summed E-state index contributed by atoms with van der Waals surface area (Å²) in [6.07, 6.45) is 3.95. The van der Waals surface area contributed by atoms with Crippen molar-refractivity contribution < 1.29 is 19.4 Å². The molecule has 0 bridgehead atoms. The van der Waals surface area contributed by atoms with Gasteiger partial charge in [-0.25, -0.2) is 9.59 Å². The fourth-order valence-electron chi connectivity index (χ4n) is 0.857. The molecule has 0 heterocycles. The van der Waals surface area contributed by atoms with Crippen molar-refractivity contribution in [3.8, 4) is 6.07 Å². The zero-order chi connectivity index (χ0) is 13.4. The summed E-state index contributed by atoms with van der Waals surface area (Å²) in [5.74, 6) is -1.60. The minimum absolute atomic E-state index is 0.0990. The van der Waals surface area contributed by atoms with Crippen molar-refractivity contribution >= 4 is 11.9 Å². The van der Waals surface area contributed by atoms with Gasteiger partial charge in [-0.2, -0.15) is 5.26 Å². The molecule has 0 aromatic carbocycles. The molecule has 0 aromatic rings. The Labute approximate surface area is 99.3 Å². The summed E-state index contributed by atoms with van der Waals surface area (Å²) in [7, 11) is 1.24. The second-order valence-corrected chi connectivity index (χ2v) is 3.21. The Morgan fingerprint density at radius 1 is 1.24 bits per heavy atom. The number of allylic oxidation sites excluding steroid dienone is 4. The van der Waals surface area contributed by atoms with E-state index in [0.717, 1.165) is 0 Å². The Balaban J connectivity index is 5.07. The molecule has 0 fully saturated rings. The van der Waals surface area contributed by atoms with Gasteiger partial charge in [0.15, 0.2) is 0 Å². The van der Waals surface area contributed by atoms with Crippen molar-refractivity contribution in [3.05, 3.63) is 34.9 Å². The maximum absolute atomic E-state index is 11.1. The Morgan fingerprint density at radius 3 is 2.24 bits per heavy atom. The maximum Gasteiger partial charge on any atom is 0.333 e. The Bertz CT molecular complexity index is 450. The van der Waals surface area contributed by atoms with E-state index in [-0.39, 0.29) is 16.7 Å². The van der Waals surface area contributed by atoms with Gasteiger partial charge < -0.3 is 9.84 Å². The van der Waals surface area contributed by atoms with Gasteiger partial charge in [0.05, 0.1) is 18.8 Å². The first-order valence-corrected chi connectivity index (χ1v) is 4.71. The van der Waals surface area contributed by atoms with Crippen LogP contribution in [0.1, 0.15) is 13.8 Å². The molecule has 0 radical (unpaired) electrons. The number of carbonyl (C=O) groups is 2. The summed E-state index contributed by atoms with van der Waals surface area (Å²) < 4.78 is 4.47. The van der Waals surface area contributed by atoms with Crippen LogP contribution in [0.4, 0.5) is 0 Å². The average Bonchev–Trinajstić information content (AvgIpc) is 2.32. The molecule has 1 N–H and O–H groups in total. The van der Waals surface area contributed by atoms with Gasteiger partial charge in [0.2, 0.25) is 0 Å². The molecule has 0 aromatic heterocycles. The normalized spacial score (nSPS) is 12.9. The number of carbonyl (C=O) groups excluding carboxylic acids is 1. The van der Waals surface area contributed by atoms with E-state index in [1.54, 1.807) is 0 Å². The van der Waals surface area contributed by atoms with Gasteiger partial charge in [0.1, 0.15) is 0 Å². The quantitative estimate of drug-likeness (QED) is 0.346. The van der Waals surface area contributed by atoms with Crippen LogP contribution in [0.25, 0.3) is 0 Å². The first-order chi connectivity index (χ1) is 7.92. The molecule has 0 aliphatic carbocycles. The lowest BCUT2D eigenvalue weighted by Gasteiger charge is -1.97. The zero-order valence-corrected chi connectivity index (χ0v) is 9.85. The molecule has 0 rings (SSSR count). The molecule has 17 heavy (non-hydrogen) atoms. The van der Waals surface area contributed by atoms with Crippen LogP contribution in [-0.4, -0.2) is 24.2 Å². The van der Waals surface area contributed by atoms with E-state index >= 15 is 0 Å². The van der Waals surface area contributed by atoms with Gasteiger partial charge in [0, 0.05) is 11.1 Å². The van der Waals surface area contributed by atoms with Crippen LogP contribution in [0.15, 0.2) is 34.9 Å².